The van der Waals surface area contributed by atoms with Gasteiger partial charge >= 0.3 is 5.97 Å². The fourth-order valence-electron chi connectivity index (χ4n) is 3.66. The lowest BCUT2D eigenvalue weighted by molar-refractivity contribution is -0.154. The van der Waals surface area contributed by atoms with Crippen LogP contribution in [-0.2, 0) is 9.53 Å². The molecule has 0 radical (unpaired) electrons. The van der Waals surface area contributed by atoms with E-state index >= 15 is 0 Å². The normalized spacial score (nSPS) is 18.0. The summed E-state index contributed by atoms with van der Waals surface area (Å²) >= 11 is 0. The van der Waals surface area contributed by atoms with Crippen LogP contribution in [0.4, 0.5) is 0 Å². The Hall–Kier alpha value is -1.87. The molecule has 3 nitrogen and oxygen atoms in total. The Morgan fingerprint density at radius 3 is 2.42 bits per heavy atom. The van der Waals surface area contributed by atoms with Crippen molar-refractivity contribution in [1.82, 2.24) is 4.90 Å². The zero-order valence-corrected chi connectivity index (χ0v) is 14.9. The van der Waals surface area contributed by atoms with Crippen LogP contribution < -0.4 is 0 Å². The van der Waals surface area contributed by atoms with Gasteiger partial charge in [0.1, 0.15) is 0 Å². The van der Waals surface area contributed by atoms with E-state index in [1.165, 1.54) is 16.3 Å². The van der Waals surface area contributed by atoms with Crippen molar-refractivity contribution in [1.29, 1.82) is 0 Å². The number of nitrogens with zero attached hydrogens (tertiary/aromatic N) is 1. The molecule has 0 aromatic heterocycles. The highest BCUT2D eigenvalue weighted by Crippen LogP contribution is 2.31. The molecule has 0 spiro atoms. The van der Waals surface area contributed by atoms with Crippen LogP contribution >= 0.6 is 0 Å². The highest BCUT2D eigenvalue weighted by molar-refractivity contribution is 5.86. The number of esters is 1. The van der Waals surface area contributed by atoms with E-state index in [2.05, 4.69) is 54.3 Å². The number of fused-ring (bicyclic) bond motifs is 1. The molecule has 1 unspecified atom stereocenters. The van der Waals surface area contributed by atoms with Gasteiger partial charge < -0.3 is 4.74 Å². The van der Waals surface area contributed by atoms with Crippen molar-refractivity contribution in [3.05, 3.63) is 48.0 Å². The van der Waals surface area contributed by atoms with E-state index in [4.69, 9.17) is 4.74 Å². The minimum Gasteiger partial charge on any atom is -0.463 e. The lowest BCUT2D eigenvalue weighted by Gasteiger charge is -2.36. The van der Waals surface area contributed by atoms with Crippen molar-refractivity contribution < 1.29 is 9.53 Å². The van der Waals surface area contributed by atoms with Crippen molar-refractivity contribution in [2.75, 3.05) is 13.1 Å². The fraction of sp³-hybridized carbons (Fsp3) is 0.476. The molecule has 24 heavy (non-hydrogen) atoms. The molecule has 1 atom stereocenters. The van der Waals surface area contributed by atoms with Gasteiger partial charge in [-0.3, -0.25) is 9.69 Å². The quantitative estimate of drug-likeness (QED) is 0.772. The fourth-order valence-corrected chi connectivity index (χ4v) is 3.66. The first kappa shape index (κ1) is 17.0. The zero-order valence-electron chi connectivity index (χ0n) is 14.9. The third-order valence-electron chi connectivity index (χ3n) is 5.04. The number of rotatable bonds is 4. The van der Waals surface area contributed by atoms with E-state index in [0.717, 1.165) is 25.9 Å². The predicted molar refractivity (Wildman–Crippen MR) is 97.9 cm³/mol. The molecule has 1 heterocycles. The highest BCUT2D eigenvalue weighted by atomic mass is 16.5. The third kappa shape index (κ3) is 3.62. The Kier molecular flexibility index (Phi) is 5.20. The van der Waals surface area contributed by atoms with Crippen LogP contribution in [0.2, 0.25) is 0 Å². The summed E-state index contributed by atoms with van der Waals surface area (Å²) in [6.45, 7) is 7.99. The Labute approximate surface area is 144 Å². The Morgan fingerprint density at radius 1 is 1.04 bits per heavy atom. The van der Waals surface area contributed by atoms with Crippen LogP contribution in [0.1, 0.15) is 45.2 Å². The Morgan fingerprint density at radius 2 is 1.71 bits per heavy atom. The second kappa shape index (κ2) is 7.35. The van der Waals surface area contributed by atoms with Gasteiger partial charge in [-0.1, -0.05) is 42.5 Å². The van der Waals surface area contributed by atoms with E-state index in [0.29, 0.717) is 6.04 Å². The first-order chi connectivity index (χ1) is 11.6. The molecule has 1 saturated heterocycles. The highest BCUT2D eigenvalue weighted by Gasteiger charge is 2.29. The molecular weight excluding hydrogens is 298 g/mol. The molecule has 3 heteroatoms. The van der Waals surface area contributed by atoms with Gasteiger partial charge in [-0.2, -0.15) is 0 Å². The molecule has 1 aliphatic heterocycles. The van der Waals surface area contributed by atoms with Crippen molar-refractivity contribution in [2.45, 2.75) is 45.8 Å². The molecule has 2 aromatic carbocycles. The molecule has 128 valence electrons. The molecule has 2 aromatic rings. The van der Waals surface area contributed by atoms with Gasteiger partial charge in [0, 0.05) is 6.04 Å². The lowest BCUT2D eigenvalue weighted by Crippen LogP contribution is -2.38. The minimum absolute atomic E-state index is 0.0230. The smallest absolute Gasteiger partial charge is 0.309 e. The zero-order chi connectivity index (χ0) is 17.1. The van der Waals surface area contributed by atoms with Crippen molar-refractivity contribution >= 4 is 16.7 Å². The van der Waals surface area contributed by atoms with Gasteiger partial charge in [0.25, 0.3) is 0 Å². The summed E-state index contributed by atoms with van der Waals surface area (Å²) in [5.41, 5.74) is 1.37. The molecular formula is C21H27NO2. The summed E-state index contributed by atoms with van der Waals surface area (Å²) in [6.07, 6.45) is 1.76. The monoisotopic (exact) mass is 325 g/mol. The lowest BCUT2D eigenvalue weighted by atomic mass is 9.93. The van der Waals surface area contributed by atoms with E-state index in [1.807, 2.05) is 13.8 Å². The van der Waals surface area contributed by atoms with E-state index in [-0.39, 0.29) is 18.0 Å². The summed E-state index contributed by atoms with van der Waals surface area (Å²) in [6, 6.07) is 15.5. The average molecular weight is 325 g/mol. The van der Waals surface area contributed by atoms with Gasteiger partial charge in [0.15, 0.2) is 0 Å². The van der Waals surface area contributed by atoms with Crippen LogP contribution in [0.15, 0.2) is 42.5 Å². The van der Waals surface area contributed by atoms with Crippen molar-refractivity contribution in [3.8, 4) is 0 Å². The van der Waals surface area contributed by atoms with Crippen LogP contribution in [0.3, 0.4) is 0 Å². The maximum Gasteiger partial charge on any atom is 0.309 e. The van der Waals surface area contributed by atoms with Gasteiger partial charge in [-0.05, 0) is 63.0 Å². The second-order valence-electron chi connectivity index (χ2n) is 7.04. The van der Waals surface area contributed by atoms with Crippen LogP contribution in [0.5, 0.6) is 0 Å². The number of benzene rings is 2. The van der Waals surface area contributed by atoms with Crippen molar-refractivity contribution in [3.63, 3.8) is 0 Å². The number of carbonyl (C=O) groups is 1. The van der Waals surface area contributed by atoms with Crippen LogP contribution in [-0.4, -0.2) is 30.1 Å². The summed E-state index contributed by atoms with van der Waals surface area (Å²) in [5, 5.41) is 2.62. The summed E-state index contributed by atoms with van der Waals surface area (Å²) in [4.78, 5) is 14.6. The SMILES string of the molecule is CC(C)OC(=O)C1CCN(C(C)c2cccc3ccccc23)CC1. The van der Waals surface area contributed by atoms with Crippen LogP contribution in [0.25, 0.3) is 10.8 Å². The summed E-state index contributed by atoms with van der Waals surface area (Å²) < 4.78 is 5.37. The van der Waals surface area contributed by atoms with Gasteiger partial charge in [-0.15, -0.1) is 0 Å². The number of hydrogen-bond acceptors (Lipinski definition) is 3. The molecule has 1 fully saturated rings. The number of ether oxygens (including phenoxy) is 1. The number of likely N-dealkylation sites (tertiary alicyclic amines) is 1. The molecule has 0 aliphatic carbocycles. The largest absolute Gasteiger partial charge is 0.463 e. The number of hydrogen-bond donors (Lipinski definition) is 0. The van der Waals surface area contributed by atoms with Gasteiger partial charge in [-0.25, -0.2) is 0 Å². The first-order valence-corrected chi connectivity index (χ1v) is 8.98. The average Bonchev–Trinajstić information content (AvgIpc) is 2.60. The summed E-state index contributed by atoms with van der Waals surface area (Å²) in [7, 11) is 0. The summed E-state index contributed by atoms with van der Waals surface area (Å²) in [5.74, 6) is 0.0332. The molecule has 3 rings (SSSR count). The topological polar surface area (TPSA) is 29.5 Å². The first-order valence-electron chi connectivity index (χ1n) is 8.98. The molecule has 1 aliphatic rings. The molecule has 0 N–H and O–H groups in total. The maximum absolute atomic E-state index is 12.1. The molecule has 0 bridgehead atoms. The van der Waals surface area contributed by atoms with Crippen molar-refractivity contribution in [2.24, 2.45) is 5.92 Å². The van der Waals surface area contributed by atoms with E-state index < -0.39 is 0 Å². The van der Waals surface area contributed by atoms with E-state index in [9.17, 15) is 4.79 Å². The third-order valence-corrected chi connectivity index (χ3v) is 5.04. The van der Waals surface area contributed by atoms with Gasteiger partial charge in [0.05, 0.1) is 12.0 Å². The van der Waals surface area contributed by atoms with Crippen LogP contribution in [0, 0.1) is 5.92 Å². The molecule has 0 saturated carbocycles. The maximum atomic E-state index is 12.1. The predicted octanol–water partition coefficient (Wildman–Crippen LogP) is 4.56. The number of carbonyl (C=O) groups excluding carboxylic acids is 1. The second-order valence-corrected chi connectivity index (χ2v) is 7.04. The molecule has 0 amide bonds. The Balaban J connectivity index is 1.69. The van der Waals surface area contributed by atoms with Gasteiger partial charge in [0.2, 0.25) is 0 Å². The van der Waals surface area contributed by atoms with E-state index in [1.54, 1.807) is 0 Å². The minimum atomic E-state index is -0.0255. The Bertz CT molecular complexity index is 697. The standard InChI is InChI=1S/C21H27NO2/c1-15(2)24-21(23)18-11-13-22(14-12-18)16(3)19-10-6-8-17-7-4-5-9-20(17)19/h4-10,15-16,18H,11-14H2,1-3H3. The number of piperidine rings is 1.